The maximum absolute atomic E-state index is 11.4. The van der Waals surface area contributed by atoms with Gasteiger partial charge in [0.1, 0.15) is 0 Å². The van der Waals surface area contributed by atoms with E-state index in [9.17, 15) is 9.90 Å². The number of carboxylic acids is 1. The Morgan fingerprint density at radius 3 is 1.49 bits per heavy atom. The molecule has 5 aromatic carbocycles. The second-order valence-corrected chi connectivity index (χ2v) is 15.0. The molecular weight excluding hydrogens is 694 g/mol. The Balaban J connectivity index is 1.28. The van der Waals surface area contributed by atoms with E-state index in [1.165, 1.54) is 0 Å². The van der Waals surface area contributed by atoms with Gasteiger partial charge in [-0.05, 0) is 0 Å². The SMILES string of the molecule is O=C(O)c1ccc([O][Zn][c]2cccc3c4nc5nc(nc6[nH]c(nc7nc(nc([nH]4)c23)-c2ccccc2-7)c2ccccc62)-c2ccccc2-5)cc1. The van der Waals surface area contributed by atoms with Crippen molar-refractivity contribution in [2.75, 3.05) is 0 Å². The predicted octanol–water partition coefficient (Wildman–Crippen LogP) is 7.27. The minimum absolute atomic E-state index is 0.209. The molecule has 51 heavy (non-hydrogen) atoms. The van der Waals surface area contributed by atoms with Gasteiger partial charge in [0, 0.05) is 0 Å². The predicted molar refractivity (Wildman–Crippen MR) is 190 cm³/mol. The molecule has 8 bridgehead atoms. The first-order chi connectivity index (χ1) is 25.1. The number of aromatic nitrogens is 8. The van der Waals surface area contributed by atoms with Crippen molar-refractivity contribution in [1.82, 2.24) is 39.9 Å². The van der Waals surface area contributed by atoms with E-state index in [0.29, 0.717) is 51.6 Å². The molecule has 238 valence electrons. The molecule has 0 fully saturated rings. The summed E-state index contributed by atoms with van der Waals surface area (Å²) in [6.45, 7) is 0. The summed E-state index contributed by atoms with van der Waals surface area (Å²) < 4.78 is 7.39. The molecule has 0 aliphatic carbocycles. The van der Waals surface area contributed by atoms with E-state index < -0.39 is 23.5 Å². The number of H-pyrrole nitrogens is 2. The zero-order chi connectivity index (χ0) is 34.1. The number of carbonyl (C=O) groups is 1. The van der Waals surface area contributed by atoms with Gasteiger partial charge in [0.15, 0.2) is 0 Å². The number of carboxylic acid groups (broad SMARTS) is 1. The second kappa shape index (κ2) is 11.5. The Hall–Kier alpha value is -6.65. The molecule has 12 heteroatoms. The summed E-state index contributed by atoms with van der Waals surface area (Å²) in [5.74, 6) is 1.80. The van der Waals surface area contributed by atoms with E-state index in [1.807, 2.05) is 84.9 Å². The van der Waals surface area contributed by atoms with Crippen molar-refractivity contribution in [3.8, 4) is 51.3 Å². The van der Waals surface area contributed by atoms with Crippen LogP contribution in [0, 0.1) is 0 Å². The number of aromatic amines is 2. The Labute approximate surface area is 296 Å². The van der Waals surface area contributed by atoms with Gasteiger partial charge in [-0.2, -0.15) is 0 Å². The van der Waals surface area contributed by atoms with Gasteiger partial charge in [0.2, 0.25) is 0 Å². The molecule has 0 saturated carbocycles. The van der Waals surface area contributed by atoms with Crippen LogP contribution >= 0.6 is 0 Å². The van der Waals surface area contributed by atoms with Gasteiger partial charge in [-0.3, -0.25) is 0 Å². The Morgan fingerprint density at radius 2 is 0.961 bits per heavy atom. The normalized spacial score (nSPS) is 11.6. The van der Waals surface area contributed by atoms with Gasteiger partial charge in [-0.1, -0.05) is 6.07 Å². The number of rotatable bonds is 4. The molecule has 5 heterocycles. The van der Waals surface area contributed by atoms with E-state index >= 15 is 0 Å². The van der Waals surface area contributed by atoms with Crippen molar-refractivity contribution in [2.45, 2.75) is 0 Å². The van der Waals surface area contributed by atoms with Crippen LogP contribution < -0.4 is 7.72 Å². The molecule has 0 amide bonds. The van der Waals surface area contributed by atoms with Gasteiger partial charge >= 0.3 is 291 Å². The van der Waals surface area contributed by atoms with Gasteiger partial charge in [-0.15, -0.1) is 0 Å². The fraction of sp³-hybridized carbons (Fsp3) is 0. The molecule has 0 saturated heterocycles. The number of benzene rings is 5. The van der Waals surface area contributed by atoms with Gasteiger partial charge < -0.3 is 0 Å². The van der Waals surface area contributed by atoms with Crippen molar-refractivity contribution in [2.24, 2.45) is 0 Å². The van der Waals surface area contributed by atoms with Crippen LogP contribution in [0.15, 0.2) is 115 Å². The number of nitrogens with zero attached hydrogens (tertiary/aromatic N) is 6. The fourth-order valence-electron chi connectivity index (χ4n) is 6.74. The van der Waals surface area contributed by atoms with Crippen molar-refractivity contribution < 1.29 is 31.0 Å². The van der Waals surface area contributed by atoms with E-state index in [4.69, 9.17) is 33.5 Å². The Bertz CT molecular complexity index is 2920. The second-order valence-electron chi connectivity index (χ2n) is 12.2. The molecule has 3 aromatic heterocycles. The zero-order valence-corrected chi connectivity index (χ0v) is 29.6. The van der Waals surface area contributed by atoms with E-state index in [-0.39, 0.29) is 5.56 Å². The van der Waals surface area contributed by atoms with Crippen LogP contribution in [-0.4, -0.2) is 50.9 Å². The molecule has 11 nitrogen and oxygen atoms in total. The summed E-state index contributed by atoms with van der Waals surface area (Å²) in [5.41, 5.74) is 6.19. The molecular formula is C39H22N8O3Zn. The average molecular weight is 716 g/mol. The van der Waals surface area contributed by atoms with Crippen molar-refractivity contribution >= 4 is 54.3 Å². The first-order valence-corrected chi connectivity index (χ1v) is 18.9. The standard InChI is InChI=1S/C32H17N8.C7H6O3.Zn/c1-2-10-18-17(9-1)25-33-26(18)38-28-21-13-5-6-14-22(21)30(35-28)40-32-24-16-8-7-15-23(24)31(36-32)39-29-20-12-4-3-11-19(20)27(34-29)37-25;8-6-3-1-5(2-4-6)7(9)10;/h1-15H,(H2,33,34,35,36,37,38,39,40);1-4,8H,(H,9,10);/q;;+1/p-1. The van der Waals surface area contributed by atoms with Crippen LogP contribution in [0.1, 0.15) is 10.4 Å². The van der Waals surface area contributed by atoms with Crippen molar-refractivity contribution in [3.05, 3.63) is 121 Å². The molecule has 2 aliphatic heterocycles. The number of fused-ring (bicyclic) bond motifs is 20. The first-order valence-electron chi connectivity index (χ1n) is 16.3. The van der Waals surface area contributed by atoms with Crippen LogP contribution in [0.4, 0.5) is 0 Å². The van der Waals surface area contributed by atoms with E-state index in [1.54, 1.807) is 24.3 Å². The number of hydrogen-bond acceptors (Lipinski definition) is 8. The van der Waals surface area contributed by atoms with Crippen LogP contribution in [0.3, 0.4) is 0 Å². The number of nitrogens with one attached hydrogen (secondary N) is 2. The quantitative estimate of drug-likeness (QED) is 0.160. The average Bonchev–Trinajstić information content (AvgIpc) is 3.90. The molecule has 10 rings (SSSR count). The Kier molecular flexibility index (Phi) is 6.58. The monoisotopic (exact) mass is 714 g/mol. The first kappa shape index (κ1) is 29.3. The third-order valence-corrected chi connectivity index (χ3v) is 12.1. The molecule has 3 N–H and O–H groups in total. The molecule has 0 atom stereocenters. The molecule has 0 radical (unpaired) electrons. The molecule has 2 aliphatic rings. The van der Waals surface area contributed by atoms with Gasteiger partial charge in [0.05, 0.1) is 0 Å². The summed E-state index contributed by atoms with van der Waals surface area (Å²) in [5, 5.41) is 12.9. The summed E-state index contributed by atoms with van der Waals surface area (Å²) in [4.78, 5) is 48.7. The van der Waals surface area contributed by atoms with Crippen LogP contribution in [-0.2, 0) is 17.5 Å². The third-order valence-electron chi connectivity index (χ3n) is 9.16. The zero-order valence-electron chi connectivity index (χ0n) is 26.6. The summed E-state index contributed by atoms with van der Waals surface area (Å²) in [6.07, 6.45) is 0. The van der Waals surface area contributed by atoms with Crippen LogP contribution in [0.5, 0.6) is 5.75 Å². The van der Waals surface area contributed by atoms with E-state index in [0.717, 1.165) is 48.0 Å². The van der Waals surface area contributed by atoms with Crippen LogP contribution in [0.25, 0.3) is 89.7 Å². The fourth-order valence-corrected chi connectivity index (χ4v) is 9.36. The third kappa shape index (κ3) is 4.87. The summed E-state index contributed by atoms with van der Waals surface area (Å²) in [7, 11) is 0. The van der Waals surface area contributed by atoms with E-state index in [2.05, 4.69) is 16.0 Å². The molecule has 0 spiro atoms. The number of hydrogen-bond donors (Lipinski definition) is 3. The maximum atomic E-state index is 11.4. The summed E-state index contributed by atoms with van der Waals surface area (Å²) >= 11 is -1.94. The molecule has 8 aromatic rings. The Morgan fingerprint density at radius 1 is 0.510 bits per heavy atom. The van der Waals surface area contributed by atoms with Gasteiger partial charge in [-0.25, -0.2) is 0 Å². The van der Waals surface area contributed by atoms with Crippen molar-refractivity contribution in [3.63, 3.8) is 0 Å². The summed E-state index contributed by atoms with van der Waals surface area (Å²) in [6, 6.07) is 36.5. The topological polar surface area (TPSA) is 155 Å². The molecule has 0 unspecified atom stereocenters. The minimum atomic E-state index is -1.94. The van der Waals surface area contributed by atoms with Gasteiger partial charge in [0.25, 0.3) is 0 Å². The van der Waals surface area contributed by atoms with Crippen molar-refractivity contribution in [1.29, 1.82) is 0 Å². The number of aromatic carboxylic acids is 1. The van der Waals surface area contributed by atoms with Crippen LogP contribution in [0.2, 0.25) is 0 Å².